The lowest BCUT2D eigenvalue weighted by molar-refractivity contribution is 1.54. The lowest BCUT2D eigenvalue weighted by Crippen LogP contribution is -1.87. The fourth-order valence-electron chi connectivity index (χ4n) is 1.21. The van der Waals surface area contributed by atoms with Crippen molar-refractivity contribution >= 4 is 61.3 Å². The van der Waals surface area contributed by atoms with Crippen LogP contribution in [0.4, 0.5) is 5.69 Å². The molecule has 68 valence electrons. The number of halogens is 2. The number of thiophene rings is 1. The SMILES string of the molecule is Nc1ccc2sc(CCl)cc2c1I. The highest BCUT2D eigenvalue weighted by atomic mass is 127. The maximum atomic E-state index is 5.80. The van der Waals surface area contributed by atoms with Gasteiger partial charge in [-0.25, -0.2) is 0 Å². The lowest BCUT2D eigenvalue weighted by atomic mass is 10.2. The Morgan fingerprint density at radius 2 is 2.23 bits per heavy atom. The number of rotatable bonds is 1. The predicted molar refractivity (Wildman–Crippen MR) is 68.5 cm³/mol. The van der Waals surface area contributed by atoms with E-state index in [0.717, 1.165) is 9.26 Å². The van der Waals surface area contributed by atoms with Crippen LogP contribution in [0.3, 0.4) is 0 Å². The monoisotopic (exact) mass is 323 g/mol. The molecule has 1 aromatic carbocycles. The molecule has 1 nitrogen and oxygen atoms in total. The first-order valence-electron chi connectivity index (χ1n) is 3.74. The van der Waals surface area contributed by atoms with Crippen molar-refractivity contribution in [2.24, 2.45) is 0 Å². The Bertz CT molecular complexity index is 452. The molecule has 0 unspecified atom stereocenters. The minimum absolute atomic E-state index is 0.579. The highest BCUT2D eigenvalue weighted by molar-refractivity contribution is 14.1. The molecule has 0 aliphatic rings. The number of hydrogen-bond donors (Lipinski definition) is 1. The Kier molecular flexibility index (Phi) is 2.67. The first-order chi connectivity index (χ1) is 6.22. The molecule has 4 heteroatoms. The Morgan fingerprint density at radius 1 is 1.46 bits per heavy atom. The molecule has 0 aliphatic carbocycles. The van der Waals surface area contributed by atoms with Gasteiger partial charge in [0.1, 0.15) is 0 Å². The van der Waals surface area contributed by atoms with E-state index in [1.807, 2.05) is 12.1 Å². The molecule has 0 bridgehead atoms. The van der Waals surface area contributed by atoms with Gasteiger partial charge in [-0.15, -0.1) is 22.9 Å². The van der Waals surface area contributed by atoms with Crippen molar-refractivity contribution in [2.75, 3.05) is 5.73 Å². The summed E-state index contributed by atoms with van der Waals surface area (Å²) in [5.41, 5.74) is 6.64. The number of fused-ring (bicyclic) bond motifs is 1. The molecule has 0 saturated heterocycles. The van der Waals surface area contributed by atoms with Crippen molar-refractivity contribution in [2.45, 2.75) is 5.88 Å². The Morgan fingerprint density at radius 3 is 2.92 bits per heavy atom. The average molecular weight is 324 g/mol. The van der Waals surface area contributed by atoms with Gasteiger partial charge < -0.3 is 5.73 Å². The van der Waals surface area contributed by atoms with E-state index in [4.69, 9.17) is 17.3 Å². The second-order valence-electron chi connectivity index (χ2n) is 2.73. The Hall–Kier alpha value is -0.000000000000000111. The maximum absolute atomic E-state index is 5.80. The molecule has 0 saturated carbocycles. The van der Waals surface area contributed by atoms with E-state index in [1.54, 1.807) is 11.3 Å². The van der Waals surface area contributed by atoms with Crippen LogP contribution in [0.15, 0.2) is 18.2 Å². The van der Waals surface area contributed by atoms with Gasteiger partial charge >= 0.3 is 0 Å². The normalized spacial score (nSPS) is 10.9. The summed E-state index contributed by atoms with van der Waals surface area (Å²) >= 11 is 9.77. The van der Waals surface area contributed by atoms with Gasteiger partial charge in [0.25, 0.3) is 0 Å². The first kappa shape index (κ1) is 9.55. The van der Waals surface area contributed by atoms with E-state index in [2.05, 4.69) is 28.7 Å². The van der Waals surface area contributed by atoms with Crippen molar-refractivity contribution in [3.63, 3.8) is 0 Å². The second-order valence-corrected chi connectivity index (χ2v) is 5.24. The molecule has 0 aliphatic heterocycles. The molecular weight excluding hydrogens is 317 g/mol. The molecule has 0 spiro atoms. The zero-order chi connectivity index (χ0) is 9.42. The Labute approximate surface area is 99.0 Å². The maximum Gasteiger partial charge on any atom is 0.0568 e. The van der Waals surface area contributed by atoms with Gasteiger partial charge in [0.15, 0.2) is 0 Å². The summed E-state index contributed by atoms with van der Waals surface area (Å²) in [6, 6.07) is 6.11. The van der Waals surface area contributed by atoms with Gasteiger partial charge in [-0.05, 0) is 40.8 Å². The van der Waals surface area contributed by atoms with Crippen molar-refractivity contribution < 1.29 is 0 Å². The van der Waals surface area contributed by atoms with Crippen molar-refractivity contribution in [1.82, 2.24) is 0 Å². The Balaban J connectivity index is 2.76. The highest BCUT2D eigenvalue weighted by Gasteiger charge is 2.06. The molecule has 1 heterocycles. The summed E-state index contributed by atoms with van der Waals surface area (Å²) in [6.45, 7) is 0. The van der Waals surface area contributed by atoms with Crippen LogP contribution >= 0.6 is 45.5 Å². The smallest absolute Gasteiger partial charge is 0.0568 e. The van der Waals surface area contributed by atoms with Crippen LogP contribution in [0.2, 0.25) is 0 Å². The van der Waals surface area contributed by atoms with Crippen molar-refractivity contribution in [1.29, 1.82) is 0 Å². The molecule has 0 fully saturated rings. The van der Waals surface area contributed by atoms with Crippen LogP contribution in [0.5, 0.6) is 0 Å². The van der Waals surface area contributed by atoms with E-state index in [-0.39, 0.29) is 0 Å². The fraction of sp³-hybridized carbons (Fsp3) is 0.111. The molecule has 0 atom stereocenters. The summed E-state index contributed by atoms with van der Waals surface area (Å²) < 4.78 is 2.39. The number of benzene rings is 1. The zero-order valence-electron chi connectivity index (χ0n) is 6.68. The quantitative estimate of drug-likeness (QED) is 0.482. The van der Waals surface area contributed by atoms with E-state index in [9.17, 15) is 0 Å². The summed E-state index contributed by atoms with van der Waals surface area (Å²) in [7, 11) is 0. The lowest BCUT2D eigenvalue weighted by Gasteiger charge is -1.97. The van der Waals surface area contributed by atoms with Gasteiger partial charge in [0, 0.05) is 24.2 Å². The largest absolute Gasteiger partial charge is 0.398 e. The topological polar surface area (TPSA) is 26.0 Å². The van der Waals surface area contributed by atoms with E-state index < -0.39 is 0 Å². The van der Waals surface area contributed by atoms with Crippen LogP contribution in [0.25, 0.3) is 10.1 Å². The number of nitrogen functional groups attached to an aromatic ring is 1. The summed E-state index contributed by atoms with van der Waals surface area (Å²) in [5.74, 6) is 0.579. The van der Waals surface area contributed by atoms with Crippen molar-refractivity contribution in [3.8, 4) is 0 Å². The summed E-state index contributed by atoms with van der Waals surface area (Å²) in [5, 5.41) is 1.22. The second kappa shape index (κ2) is 3.63. The molecule has 2 rings (SSSR count). The molecule has 1 aromatic heterocycles. The third kappa shape index (κ3) is 1.65. The minimum Gasteiger partial charge on any atom is -0.398 e. The van der Waals surface area contributed by atoms with Crippen LogP contribution in [-0.4, -0.2) is 0 Å². The van der Waals surface area contributed by atoms with Gasteiger partial charge in [0.2, 0.25) is 0 Å². The van der Waals surface area contributed by atoms with Gasteiger partial charge in [-0.1, -0.05) is 0 Å². The molecule has 2 N–H and O–H groups in total. The molecule has 2 aromatic rings. The highest BCUT2D eigenvalue weighted by Crippen LogP contribution is 2.32. The minimum atomic E-state index is 0.579. The van der Waals surface area contributed by atoms with Gasteiger partial charge in [-0.2, -0.15) is 0 Å². The molecular formula is C9H7ClINS. The third-order valence-electron chi connectivity index (χ3n) is 1.85. The summed E-state index contributed by atoms with van der Waals surface area (Å²) in [6.07, 6.45) is 0. The van der Waals surface area contributed by atoms with Crippen LogP contribution < -0.4 is 5.73 Å². The fourth-order valence-corrected chi connectivity index (χ4v) is 3.18. The standard InChI is InChI=1S/C9H7ClINS/c10-4-5-3-6-8(13-5)2-1-7(12)9(6)11/h1-3H,4,12H2. The molecule has 0 amide bonds. The number of nitrogens with two attached hydrogens (primary N) is 1. The van der Waals surface area contributed by atoms with Crippen LogP contribution in [0.1, 0.15) is 4.88 Å². The van der Waals surface area contributed by atoms with E-state index in [0.29, 0.717) is 5.88 Å². The third-order valence-corrected chi connectivity index (χ3v) is 4.60. The number of anilines is 1. The van der Waals surface area contributed by atoms with Crippen molar-refractivity contribution in [3.05, 3.63) is 26.6 Å². The van der Waals surface area contributed by atoms with E-state index >= 15 is 0 Å². The van der Waals surface area contributed by atoms with Crippen LogP contribution in [-0.2, 0) is 5.88 Å². The number of hydrogen-bond acceptors (Lipinski definition) is 2. The predicted octanol–water partition coefficient (Wildman–Crippen LogP) is 3.83. The zero-order valence-corrected chi connectivity index (χ0v) is 10.4. The van der Waals surface area contributed by atoms with Gasteiger partial charge in [-0.3, -0.25) is 0 Å². The molecule has 13 heavy (non-hydrogen) atoms. The number of alkyl halides is 1. The van der Waals surface area contributed by atoms with Crippen LogP contribution in [0, 0.1) is 3.57 Å². The summed E-state index contributed by atoms with van der Waals surface area (Å²) in [4.78, 5) is 1.19. The average Bonchev–Trinajstić information content (AvgIpc) is 2.55. The molecule has 0 radical (unpaired) electrons. The first-order valence-corrected chi connectivity index (χ1v) is 6.17. The van der Waals surface area contributed by atoms with Gasteiger partial charge in [0.05, 0.1) is 5.88 Å². The van der Waals surface area contributed by atoms with E-state index in [1.165, 1.54) is 15.0 Å².